The molecule has 0 aliphatic carbocycles. The van der Waals surface area contributed by atoms with Gasteiger partial charge >= 0.3 is 0 Å². The number of hydrogen-bond donors (Lipinski definition) is 1. The van der Waals surface area contributed by atoms with Crippen LogP contribution in [0, 0.1) is 12.8 Å². The molecule has 0 saturated carbocycles. The Morgan fingerprint density at radius 3 is 2.45 bits per heavy atom. The summed E-state index contributed by atoms with van der Waals surface area (Å²) in [5.41, 5.74) is 1.42. The molecule has 0 bridgehead atoms. The van der Waals surface area contributed by atoms with E-state index in [4.69, 9.17) is 9.47 Å². The fourth-order valence-corrected chi connectivity index (χ4v) is 4.42. The van der Waals surface area contributed by atoms with Crippen LogP contribution in [0.4, 0.5) is 5.13 Å². The molecule has 172 valence electrons. The highest BCUT2D eigenvalue weighted by molar-refractivity contribution is 7.13. The van der Waals surface area contributed by atoms with Crippen molar-refractivity contribution in [2.24, 2.45) is 5.92 Å². The SMILES string of the molecule is Cc1csc(NC(=O)C2CCN(C(=O)c3ccccc3OCCOc3ccccc3)CC2)n1. The normalized spacial score (nSPS) is 14.0. The van der Waals surface area contributed by atoms with Crippen molar-refractivity contribution in [1.29, 1.82) is 0 Å². The first-order valence-electron chi connectivity index (χ1n) is 11.0. The van der Waals surface area contributed by atoms with E-state index < -0.39 is 0 Å². The molecule has 0 atom stereocenters. The van der Waals surface area contributed by atoms with Gasteiger partial charge in [-0.15, -0.1) is 11.3 Å². The lowest BCUT2D eigenvalue weighted by Crippen LogP contribution is -2.41. The minimum atomic E-state index is -0.125. The van der Waals surface area contributed by atoms with Crippen molar-refractivity contribution in [2.45, 2.75) is 19.8 Å². The molecule has 0 radical (unpaired) electrons. The number of carbonyl (C=O) groups is 2. The van der Waals surface area contributed by atoms with Crippen LogP contribution in [-0.2, 0) is 4.79 Å². The van der Waals surface area contributed by atoms with Crippen molar-refractivity contribution in [3.05, 3.63) is 71.2 Å². The Balaban J connectivity index is 1.28. The zero-order valence-electron chi connectivity index (χ0n) is 18.5. The third-order valence-electron chi connectivity index (χ3n) is 5.47. The highest BCUT2D eigenvalue weighted by Crippen LogP contribution is 2.25. The number of nitrogens with one attached hydrogen (secondary N) is 1. The van der Waals surface area contributed by atoms with Gasteiger partial charge in [0.15, 0.2) is 5.13 Å². The van der Waals surface area contributed by atoms with Crippen LogP contribution in [0.5, 0.6) is 11.5 Å². The molecule has 4 rings (SSSR count). The third-order valence-corrected chi connectivity index (χ3v) is 6.35. The first-order chi connectivity index (χ1) is 16.1. The minimum Gasteiger partial charge on any atom is -0.490 e. The van der Waals surface area contributed by atoms with Crippen LogP contribution >= 0.6 is 11.3 Å². The second kappa shape index (κ2) is 11.0. The summed E-state index contributed by atoms with van der Waals surface area (Å²) in [5.74, 6) is 1.09. The number of nitrogens with zero attached hydrogens (tertiary/aromatic N) is 2. The molecule has 1 N–H and O–H groups in total. The van der Waals surface area contributed by atoms with Gasteiger partial charge in [0.05, 0.1) is 11.3 Å². The van der Waals surface area contributed by atoms with E-state index >= 15 is 0 Å². The van der Waals surface area contributed by atoms with Crippen molar-refractivity contribution in [3.63, 3.8) is 0 Å². The van der Waals surface area contributed by atoms with E-state index in [0.29, 0.717) is 55.6 Å². The minimum absolute atomic E-state index is 0.0291. The summed E-state index contributed by atoms with van der Waals surface area (Å²) in [5, 5.41) is 5.42. The number of piperidine rings is 1. The zero-order valence-corrected chi connectivity index (χ0v) is 19.3. The van der Waals surface area contributed by atoms with E-state index in [9.17, 15) is 9.59 Å². The quantitative estimate of drug-likeness (QED) is 0.499. The highest BCUT2D eigenvalue weighted by Gasteiger charge is 2.29. The van der Waals surface area contributed by atoms with Gasteiger partial charge in [-0.2, -0.15) is 0 Å². The first kappa shape index (κ1) is 22.8. The Morgan fingerprint density at radius 1 is 1.03 bits per heavy atom. The molecule has 8 heteroatoms. The number of para-hydroxylation sites is 2. The molecular weight excluding hydrogens is 438 g/mol. The van der Waals surface area contributed by atoms with E-state index in [0.717, 1.165) is 11.4 Å². The molecular formula is C25H27N3O4S. The van der Waals surface area contributed by atoms with Crippen LogP contribution < -0.4 is 14.8 Å². The number of likely N-dealkylation sites (tertiary alicyclic amines) is 1. The van der Waals surface area contributed by atoms with Gasteiger partial charge in [0.2, 0.25) is 5.91 Å². The van der Waals surface area contributed by atoms with Gasteiger partial charge in [0.25, 0.3) is 5.91 Å². The largest absolute Gasteiger partial charge is 0.490 e. The summed E-state index contributed by atoms with van der Waals surface area (Å²) in [7, 11) is 0. The molecule has 33 heavy (non-hydrogen) atoms. The van der Waals surface area contributed by atoms with Crippen molar-refractivity contribution in [1.82, 2.24) is 9.88 Å². The number of amides is 2. The Hall–Kier alpha value is -3.39. The van der Waals surface area contributed by atoms with E-state index in [1.807, 2.05) is 54.8 Å². The molecule has 3 aromatic rings. The average Bonchev–Trinajstić information content (AvgIpc) is 3.26. The van der Waals surface area contributed by atoms with Gasteiger partial charge in [0, 0.05) is 24.4 Å². The highest BCUT2D eigenvalue weighted by atomic mass is 32.1. The van der Waals surface area contributed by atoms with Crippen LogP contribution in [-0.4, -0.2) is 48.0 Å². The van der Waals surface area contributed by atoms with Gasteiger partial charge in [-0.05, 0) is 44.0 Å². The molecule has 1 saturated heterocycles. The maximum absolute atomic E-state index is 13.2. The second-order valence-corrected chi connectivity index (χ2v) is 8.71. The van der Waals surface area contributed by atoms with Crippen molar-refractivity contribution < 1.29 is 19.1 Å². The molecule has 7 nitrogen and oxygen atoms in total. The van der Waals surface area contributed by atoms with Gasteiger partial charge in [0.1, 0.15) is 24.7 Å². The predicted molar refractivity (Wildman–Crippen MR) is 128 cm³/mol. The number of rotatable bonds is 8. The van der Waals surface area contributed by atoms with Gasteiger partial charge in [-0.3, -0.25) is 9.59 Å². The maximum atomic E-state index is 13.2. The van der Waals surface area contributed by atoms with Crippen molar-refractivity contribution in [2.75, 3.05) is 31.6 Å². The third kappa shape index (κ3) is 6.10. The van der Waals surface area contributed by atoms with Crippen LogP contribution in [0.1, 0.15) is 28.9 Å². The number of carbonyl (C=O) groups excluding carboxylic acids is 2. The van der Waals surface area contributed by atoms with E-state index in [2.05, 4.69) is 10.3 Å². The van der Waals surface area contributed by atoms with E-state index in [-0.39, 0.29) is 17.7 Å². The number of aryl methyl sites for hydroxylation is 1. The summed E-state index contributed by atoms with van der Waals surface area (Å²) in [6.45, 7) is 3.66. The predicted octanol–water partition coefficient (Wildman–Crippen LogP) is 4.40. The summed E-state index contributed by atoms with van der Waals surface area (Å²) in [4.78, 5) is 31.8. The van der Waals surface area contributed by atoms with E-state index in [1.165, 1.54) is 11.3 Å². The van der Waals surface area contributed by atoms with Gasteiger partial charge in [-0.25, -0.2) is 4.98 Å². The summed E-state index contributed by atoms with van der Waals surface area (Å²) >= 11 is 1.42. The average molecular weight is 466 g/mol. The van der Waals surface area contributed by atoms with Crippen molar-refractivity contribution in [3.8, 4) is 11.5 Å². The second-order valence-electron chi connectivity index (χ2n) is 7.86. The summed E-state index contributed by atoms with van der Waals surface area (Å²) < 4.78 is 11.5. The molecule has 2 amide bonds. The number of benzene rings is 2. The number of aromatic nitrogens is 1. The lowest BCUT2D eigenvalue weighted by Gasteiger charge is -2.31. The molecule has 2 aromatic carbocycles. The maximum Gasteiger partial charge on any atom is 0.257 e. The summed E-state index contributed by atoms with van der Waals surface area (Å²) in [6.07, 6.45) is 1.24. The zero-order chi connectivity index (χ0) is 23.0. The number of thiazole rings is 1. The van der Waals surface area contributed by atoms with Gasteiger partial charge < -0.3 is 19.7 Å². The lowest BCUT2D eigenvalue weighted by molar-refractivity contribution is -0.121. The Kier molecular flexibility index (Phi) is 7.57. The molecule has 0 spiro atoms. The lowest BCUT2D eigenvalue weighted by atomic mass is 9.95. The summed E-state index contributed by atoms with van der Waals surface area (Å²) in [6, 6.07) is 16.8. The fraction of sp³-hybridized carbons (Fsp3) is 0.320. The monoisotopic (exact) mass is 465 g/mol. The smallest absolute Gasteiger partial charge is 0.257 e. The van der Waals surface area contributed by atoms with Crippen LogP contribution in [0.2, 0.25) is 0 Å². The molecule has 1 fully saturated rings. The number of hydrogen-bond acceptors (Lipinski definition) is 6. The number of anilines is 1. The molecule has 1 aliphatic rings. The molecule has 2 heterocycles. The standard InChI is InChI=1S/C25H27N3O4S/c1-18-17-33-25(26-18)27-23(29)19-11-13-28(14-12-19)24(30)21-9-5-6-10-22(21)32-16-15-31-20-7-3-2-4-8-20/h2-10,17,19H,11-16H2,1H3,(H,26,27,29). The van der Waals surface area contributed by atoms with Crippen LogP contribution in [0.25, 0.3) is 0 Å². The molecule has 1 aliphatic heterocycles. The number of ether oxygens (including phenoxy) is 2. The fourth-order valence-electron chi connectivity index (χ4n) is 3.73. The first-order valence-corrected chi connectivity index (χ1v) is 11.9. The molecule has 0 unspecified atom stereocenters. The van der Waals surface area contributed by atoms with E-state index in [1.54, 1.807) is 17.0 Å². The topological polar surface area (TPSA) is 80.8 Å². The van der Waals surface area contributed by atoms with Crippen LogP contribution in [0.15, 0.2) is 60.0 Å². The van der Waals surface area contributed by atoms with Gasteiger partial charge in [-0.1, -0.05) is 30.3 Å². The Labute approximate surface area is 197 Å². The molecule has 1 aromatic heterocycles. The van der Waals surface area contributed by atoms with Crippen molar-refractivity contribution >= 4 is 28.3 Å². The Bertz CT molecular complexity index is 1080. The Morgan fingerprint density at radius 2 is 1.73 bits per heavy atom. The van der Waals surface area contributed by atoms with Crippen LogP contribution in [0.3, 0.4) is 0 Å².